The molecular weight excluding hydrogens is 372 g/mol. The number of rotatable bonds is 8. The molecule has 0 unspecified atom stereocenters. The zero-order valence-electron chi connectivity index (χ0n) is 16.1. The molecule has 0 saturated heterocycles. The van der Waals surface area contributed by atoms with Crippen LogP contribution in [0.1, 0.15) is 20.7 Å². The Labute approximate surface area is 168 Å². The van der Waals surface area contributed by atoms with Gasteiger partial charge in [0, 0.05) is 0 Å². The third kappa shape index (κ3) is 4.93. The number of para-hydroxylation sites is 2. The lowest BCUT2D eigenvalue weighted by atomic mass is 10.1. The van der Waals surface area contributed by atoms with E-state index in [1.165, 1.54) is 14.2 Å². The minimum Gasteiger partial charge on any atom is -0.497 e. The molecule has 6 heteroatoms. The number of carbonyl (C=O) groups excluding carboxylic acids is 2. The van der Waals surface area contributed by atoms with Crippen molar-refractivity contribution in [2.24, 2.45) is 0 Å². The van der Waals surface area contributed by atoms with Gasteiger partial charge in [0.25, 0.3) is 0 Å². The Kier molecular flexibility index (Phi) is 6.47. The summed E-state index contributed by atoms with van der Waals surface area (Å²) < 4.78 is 21.3. The Morgan fingerprint density at radius 1 is 0.724 bits per heavy atom. The van der Waals surface area contributed by atoms with Crippen molar-refractivity contribution in [3.05, 3.63) is 83.9 Å². The highest BCUT2D eigenvalue weighted by atomic mass is 16.5. The van der Waals surface area contributed by atoms with E-state index in [2.05, 4.69) is 0 Å². The molecule has 0 aliphatic heterocycles. The summed E-state index contributed by atoms with van der Waals surface area (Å²) in [7, 11) is 2.96. The summed E-state index contributed by atoms with van der Waals surface area (Å²) in [5.41, 5.74) is 0.496. The fourth-order valence-corrected chi connectivity index (χ4v) is 2.66. The van der Waals surface area contributed by atoms with Crippen LogP contribution in [0.15, 0.2) is 72.8 Å². The highest BCUT2D eigenvalue weighted by molar-refractivity contribution is 6.02. The lowest BCUT2D eigenvalue weighted by Gasteiger charge is -2.12. The van der Waals surface area contributed by atoms with Crippen LogP contribution in [-0.2, 0) is 4.74 Å². The molecular formula is C23H20O6. The Morgan fingerprint density at radius 2 is 1.45 bits per heavy atom. The summed E-state index contributed by atoms with van der Waals surface area (Å²) in [4.78, 5) is 25.1. The van der Waals surface area contributed by atoms with Gasteiger partial charge in [0.05, 0.1) is 19.8 Å². The van der Waals surface area contributed by atoms with E-state index in [1.54, 1.807) is 54.6 Å². The van der Waals surface area contributed by atoms with Crippen molar-refractivity contribution in [3.63, 3.8) is 0 Å². The normalized spacial score (nSPS) is 10.1. The summed E-state index contributed by atoms with van der Waals surface area (Å²) in [6.45, 7) is -0.442. The standard InChI is InChI=1S/C23H20O6/c1-26-17-12-13-21(27-2)19(14-17)20(24)15-28-23(25)18-10-6-7-11-22(18)29-16-8-4-3-5-9-16/h3-14H,15H2,1-2H3. The molecule has 3 aromatic carbocycles. The number of ketones is 1. The maximum atomic E-state index is 12.6. The van der Waals surface area contributed by atoms with E-state index in [9.17, 15) is 9.59 Å². The molecule has 29 heavy (non-hydrogen) atoms. The Morgan fingerprint density at radius 3 is 2.17 bits per heavy atom. The maximum Gasteiger partial charge on any atom is 0.342 e. The molecule has 0 heterocycles. The van der Waals surface area contributed by atoms with Gasteiger partial charge in [-0.1, -0.05) is 30.3 Å². The van der Waals surface area contributed by atoms with Crippen LogP contribution >= 0.6 is 0 Å². The van der Waals surface area contributed by atoms with Gasteiger partial charge in [-0.3, -0.25) is 4.79 Å². The number of hydrogen-bond acceptors (Lipinski definition) is 6. The molecule has 0 bridgehead atoms. The molecule has 148 valence electrons. The van der Waals surface area contributed by atoms with E-state index in [1.807, 2.05) is 18.2 Å². The summed E-state index contributed by atoms with van der Waals surface area (Å²) in [6.07, 6.45) is 0. The number of methoxy groups -OCH3 is 2. The minimum absolute atomic E-state index is 0.224. The van der Waals surface area contributed by atoms with Gasteiger partial charge in [-0.25, -0.2) is 4.79 Å². The second-order valence-corrected chi connectivity index (χ2v) is 5.98. The molecule has 0 aliphatic carbocycles. The summed E-state index contributed by atoms with van der Waals surface area (Å²) in [5.74, 6) is 0.740. The van der Waals surface area contributed by atoms with Crippen LogP contribution in [0.4, 0.5) is 0 Å². The molecule has 0 fully saturated rings. The van der Waals surface area contributed by atoms with Crippen LogP contribution < -0.4 is 14.2 Å². The fraction of sp³-hybridized carbons (Fsp3) is 0.130. The first-order valence-electron chi connectivity index (χ1n) is 8.86. The van der Waals surface area contributed by atoms with E-state index in [0.717, 1.165) is 0 Å². The number of esters is 1. The van der Waals surface area contributed by atoms with Crippen molar-refractivity contribution in [1.82, 2.24) is 0 Å². The lowest BCUT2D eigenvalue weighted by molar-refractivity contribution is 0.0471. The van der Waals surface area contributed by atoms with Crippen molar-refractivity contribution in [2.75, 3.05) is 20.8 Å². The molecule has 0 aromatic heterocycles. The largest absolute Gasteiger partial charge is 0.497 e. The first kappa shape index (κ1) is 19.9. The van der Waals surface area contributed by atoms with Crippen molar-refractivity contribution in [1.29, 1.82) is 0 Å². The molecule has 0 aliphatic rings. The Hall–Kier alpha value is -3.80. The smallest absolute Gasteiger partial charge is 0.342 e. The van der Waals surface area contributed by atoms with Crippen LogP contribution in [0.25, 0.3) is 0 Å². The van der Waals surface area contributed by atoms with Gasteiger partial charge in [0.2, 0.25) is 5.78 Å². The van der Waals surface area contributed by atoms with Crippen LogP contribution in [0.2, 0.25) is 0 Å². The summed E-state index contributed by atoms with van der Waals surface area (Å²) in [6, 6.07) is 20.6. The Balaban J connectivity index is 1.72. The summed E-state index contributed by atoms with van der Waals surface area (Å²) >= 11 is 0. The second kappa shape index (κ2) is 9.41. The van der Waals surface area contributed by atoms with Gasteiger partial charge in [0.1, 0.15) is 28.6 Å². The van der Waals surface area contributed by atoms with Gasteiger partial charge in [0.15, 0.2) is 6.61 Å². The molecule has 0 amide bonds. The van der Waals surface area contributed by atoms with Crippen molar-refractivity contribution in [3.8, 4) is 23.0 Å². The highest BCUT2D eigenvalue weighted by Gasteiger charge is 2.19. The van der Waals surface area contributed by atoms with Gasteiger partial charge < -0.3 is 18.9 Å². The molecule has 3 rings (SSSR count). The monoisotopic (exact) mass is 392 g/mol. The van der Waals surface area contributed by atoms with Crippen LogP contribution in [0, 0.1) is 0 Å². The number of carbonyl (C=O) groups is 2. The number of benzene rings is 3. The fourth-order valence-electron chi connectivity index (χ4n) is 2.66. The second-order valence-electron chi connectivity index (χ2n) is 5.98. The van der Waals surface area contributed by atoms with Gasteiger partial charge >= 0.3 is 5.97 Å². The van der Waals surface area contributed by atoms with E-state index in [0.29, 0.717) is 23.0 Å². The third-order valence-corrected chi connectivity index (χ3v) is 4.12. The van der Waals surface area contributed by atoms with Crippen LogP contribution in [0.3, 0.4) is 0 Å². The van der Waals surface area contributed by atoms with Crippen LogP contribution in [-0.4, -0.2) is 32.6 Å². The zero-order chi connectivity index (χ0) is 20.6. The van der Waals surface area contributed by atoms with Crippen molar-refractivity contribution >= 4 is 11.8 Å². The van der Waals surface area contributed by atoms with Gasteiger partial charge in [-0.2, -0.15) is 0 Å². The van der Waals surface area contributed by atoms with E-state index in [4.69, 9.17) is 18.9 Å². The number of Topliss-reactive ketones (excluding diaryl/α,β-unsaturated/α-hetero) is 1. The first-order valence-corrected chi connectivity index (χ1v) is 8.86. The lowest BCUT2D eigenvalue weighted by Crippen LogP contribution is -2.15. The molecule has 3 aromatic rings. The molecule has 0 atom stereocenters. The highest BCUT2D eigenvalue weighted by Crippen LogP contribution is 2.27. The molecule has 6 nitrogen and oxygen atoms in total. The molecule has 0 radical (unpaired) electrons. The first-order chi connectivity index (χ1) is 14.1. The number of ether oxygens (including phenoxy) is 4. The van der Waals surface area contributed by atoms with Crippen molar-refractivity contribution < 1.29 is 28.5 Å². The predicted molar refractivity (Wildman–Crippen MR) is 107 cm³/mol. The molecule has 0 N–H and O–H groups in total. The Bertz CT molecular complexity index is 997. The average molecular weight is 392 g/mol. The van der Waals surface area contributed by atoms with Crippen molar-refractivity contribution in [2.45, 2.75) is 0 Å². The molecule has 0 spiro atoms. The third-order valence-electron chi connectivity index (χ3n) is 4.12. The minimum atomic E-state index is -0.660. The maximum absolute atomic E-state index is 12.6. The average Bonchev–Trinajstić information content (AvgIpc) is 2.77. The number of hydrogen-bond donors (Lipinski definition) is 0. The zero-order valence-corrected chi connectivity index (χ0v) is 16.1. The van der Waals surface area contributed by atoms with E-state index < -0.39 is 18.4 Å². The summed E-state index contributed by atoms with van der Waals surface area (Å²) in [5, 5.41) is 0. The van der Waals surface area contributed by atoms with Gasteiger partial charge in [-0.15, -0.1) is 0 Å². The van der Waals surface area contributed by atoms with E-state index >= 15 is 0 Å². The van der Waals surface area contributed by atoms with Gasteiger partial charge in [-0.05, 0) is 42.5 Å². The van der Waals surface area contributed by atoms with E-state index in [-0.39, 0.29) is 11.1 Å². The quantitative estimate of drug-likeness (QED) is 0.414. The topological polar surface area (TPSA) is 71.1 Å². The predicted octanol–water partition coefficient (Wildman–Crippen LogP) is 4.54. The SMILES string of the molecule is COc1ccc(OC)c(C(=O)COC(=O)c2ccccc2Oc2ccccc2)c1. The van der Waals surface area contributed by atoms with Crippen LogP contribution in [0.5, 0.6) is 23.0 Å². The molecule has 0 saturated carbocycles.